The number of hydrogen-bond donors (Lipinski definition) is 1. The Balaban J connectivity index is 2.81. The van der Waals surface area contributed by atoms with Crippen molar-refractivity contribution < 1.29 is 4.74 Å². The summed E-state index contributed by atoms with van der Waals surface area (Å²) in [6.45, 7) is 2.72. The lowest BCUT2D eigenvalue weighted by Crippen LogP contribution is -2.26. The zero-order chi connectivity index (χ0) is 11.4. The minimum absolute atomic E-state index is 0.0461. The molecule has 0 heterocycles. The summed E-state index contributed by atoms with van der Waals surface area (Å²) in [5.74, 6) is 0.604. The maximum absolute atomic E-state index is 6.01. The van der Waals surface area contributed by atoms with E-state index in [9.17, 15) is 0 Å². The summed E-state index contributed by atoms with van der Waals surface area (Å²) < 4.78 is 6.39. The highest BCUT2D eigenvalue weighted by Gasteiger charge is 2.09. The van der Waals surface area contributed by atoms with Crippen LogP contribution >= 0.6 is 39.1 Å². The molecule has 1 rings (SSSR count). The molecule has 0 aliphatic heterocycles. The number of ether oxygens (including phenoxy) is 1. The number of rotatable bonds is 4. The highest BCUT2D eigenvalue weighted by atomic mass is 79.9. The van der Waals surface area contributed by atoms with E-state index in [0.717, 1.165) is 11.0 Å². The van der Waals surface area contributed by atoms with E-state index in [4.69, 9.17) is 27.9 Å². The van der Waals surface area contributed by atoms with Crippen LogP contribution in [0.15, 0.2) is 16.6 Å². The fourth-order valence-electron chi connectivity index (χ4n) is 1.14. The molecule has 1 unspecified atom stereocenters. The van der Waals surface area contributed by atoms with Gasteiger partial charge in [-0.1, -0.05) is 23.2 Å². The molecule has 0 aliphatic rings. The van der Waals surface area contributed by atoms with Gasteiger partial charge in [0.15, 0.2) is 0 Å². The molecular formula is C10H12BrCl2NO. The van der Waals surface area contributed by atoms with Gasteiger partial charge in [-0.05, 0) is 36.0 Å². The zero-order valence-electron chi connectivity index (χ0n) is 8.48. The van der Waals surface area contributed by atoms with Crippen LogP contribution in [0.2, 0.25) is 10.0 Å². The van der Waals surface area contributed by atoms with Gasteiger partial charge >= 0.3 is 0 Å². The molecule has 1 aromatic rings. The van der Waals surface area contributed by atoms with Gasteiger partial charge in [0.05, 0.1) is 10.0 Å². The Bertz CT molecular complexity index is 346. The van der Waals surface area contributed by atoms with Crippen LogP contribution in [0.25, 0.3) is 0 Å². The number of benzene rings is 1. The average Bonchev–Trinajstić information content (AvgIpc) is 2.14. The van der Waals surface area contributed by atoms with Crippen molar-refractivity contribution in [1.29, 1.82) is 0 Å². The van der Waals surface area contributed by atoms with E-state index in [0.29, 0.717) is 15.8 Å². The second kappa shape index (κ2) is 5.94. The molecule has 0 aromatic heterocycles. The molecule has 1 N–H and O–H groups in total. The largest absolute Gasteiger partial charge is 0.488 e. The van der Waals surface area contributed by atoms with E-state index in [1.54, 1.807) is 12.1 Å². The van der Waals surface area contributed by atoms with Gasteiger partial charge in [-0.25, -0.2) is 0 Å². The first-order valence-electron chi connectivity index (χ1n) is 4.50. The third-order valence-electron chi connectivity index (χ3n) is 1.79. The van der Waals surface area contributed by atoms with Crippen LogP contribution in [0, 0.1) is 0 Å². The number of likely N-dealkylation sites (N-methyl/N-ethyl adjacent to an activating group) is 1. The van der Waals surface area contributed by atoms with E-state index in [2.05, 4.69) is 21.2 Å². The van der Waals surface area contributed by atoms with E-state index in [1.165, 1.54) is 0 Å². The van der Waals surface area contributed by atoms with Crippen molar-refractivity contribution in [3.63, 3.8) is 0 Å². The molecule has 2 nitrogen and oxygen atoms in total. The van der Waals surface area contributed by atoms with Gasteiger partial charge in [-0.2, -0.15) is 0 Å². The van der Waals surface area contributed by atoms with Crippen molar-refractivity contribution in [2.24, 2.45) is 0 Å². The van der Waals surface area contributed by atoms with Gasteiger partial charge in [0, 0.05) is 17.1 Å². The van der Waals surface area contributed by atoms with Crippen molar-refractivity contribution in [1.82, 2.24) is 5.32 Å². The first kappa shape index (κ1) is 13.1. The molecule has 0 saturated carbocycles. The van der Waals surface area contributed by atoms with Crippen molar-refractivity contribution in [3.05, 3.63) is 26.7 Å². The number of hydrogen-bond acceptors (Lipinski definition) is 2. The van der Waals surface area contributed by atoms with Crippen LogP contribution < -0.4 is 10.1 Å². The second-order valence-corrected chi connectivity index (χ2v) is 4.85. The molecule has 1 atom stereocenters. The zero-order valence-corrected chi connectivity index (χ0v) is 11.6. The summed E-state index contributed by atoms with van der Waals surface area (Å²) in [6.07, 6.45) is 0.0461. The first-order valence-corrected chi connectivity index (χ1v) is 6.05. The van der Waals surface area contributed by atoms with Crippen LogP contribution in [0.3, 0.4) is 0 Å². The van der Waals surface area contributed by atoms with E-state index >= 15 is 0 Å². The van der Waals surface area contributed by atoms with E-state index < -0.39 is 0 Å². The molecule has 0 saturated heterocycles. The molecule has 15 heavy (non-hydrogen) atoms. The van der Waals surface area contributed by atoms with E-state index in [-0.39, 0.29) is 6.10 Å². The summed E-state index contributed by atoms with van der Waals surface area (Å²) >= 11 is 15.2. The quantitative estimate of drug-likeness (QED) is 0.855. The lowest BCUT2D eigenvalue weighted by Gasteiger charge is -2.15. The predicted molar refractivity (Wildman–Crippen MR) is 68.2 cm³/mol. The Morgan fingerprint density at radius 2 is 2.07 bits per heavy atom. The fraction of sp³-hybridized carbons (Fsp3) is 0.400. The van der Waals surface area contributed by atoms with Gasteiger partial charge in [0.1, 0.15) is 11.9 Å². The van der Waals surface area contributed by atoms with Crippen molar-refractivity contribution in [2.45, 2.75) is 13.0 Å². The van der Waals surface area contributed by atoms with Crippen LogP contribution in [0.1, 0.15) is 6.92 Å². The second-order valence-electron chi connectivity index (χ2n) is 3.18. The third kappa shape index (κ3) is 3.83. The standard InChI is InChI=1S/C10H12BrCl2NO/c1-6(5-14-2)15-10-4-8(12)7(11)3-9(10)13/h3-4,6,14H,5H2,1-2H3. The summed E-state index contributed by atoms with van der Waals surface area (Å²) in [5.41, 5.74) is 0. The van der Waals surface area contributed by atoms with Crippen molar-refractivity contribution in [3.8, 4) is 5.75 Å². The average molecular weight is 313 g/mol. The van der Waals surface area contributed by atoms with Crippen LogP contribution in [-0.2, 0) is 0 Å². The van der Waals surface area contributed by atoms with Crippen LogP contribution in [-0.4, -0.2) is 19.7 Å². The van der Waals surface area contributed by atoms with Crippen LogP contribution in [0.4, 0.5) is 0 Å². The Morgan fingerprint density at radius 3 is 2.67 bits per heavy atom. The molecule has 0 radical (unpaired) electrons. The summed E-state index contributed by atoms with van der Waals surface area (Å²) in [4.78, 5) is 0. The lowest BCUT2D eigenvalue weighted by molar-refractivity contribution is 0.221. The number of nitrogens with one attached hydrogen (secondary N) is 1. The maximum atomic E-state index is 6.01. The van der Waals surface area contributed by atoms with Gasteiger partial charge in [-0.3, -0.25) is 0 Å². The smallest absolute Gasteiger partial charge is 0.139 e. The first-order chi connectivity index (χ1) is 7.04. The Labute approximate surface area is 108 Å². The Kier molecular flexibility index (Phi) is 5.19. The molecule has 0 aliphatic carbocycles. The maximum Gasteiger partial charge on any atom is 0.139 e. The highest BCUT2D eigenvalue weighted by Crippen LogP contribution is 2.34. The van der Waals surface area contributed by atoms with Crippen molar-refractivity contribution >= 4 is 39.1 Å². The molecule has 5 heteroatoms. The minimum Gasteiger partial charge on any atom is -0.488 e. The van der Waals surface area contributed by atoms with Gasteiger partial charge in [-0.15, -0.1) is 0 Å². The number of halogens is 3. The highest BCUT2D eigenvalue weighted by molar-refractivity contribution is 9.10. The minimum atomic E-state index is 0.0461. The topological polar surface area (TPSA) is 21.3 Å². The van der Waals surface area contributed by atoms with Gasteiger partial charge in [0.25, 0.3) is 0 Å². The molecular weight excluding hydrogens is 301 g/mol. The molecule has 0 amide bonds. The summed E-state index contributed by atoms with van der Waals surface area (Å²) in [7, 11) is 1.87. The predicted octanol–water partition coefficient (Wildman–Crippen LogP) is 3.74. The summed E-state index contributed by atoms with van der Waals surface area (Å²) in [5, 5.41) is 4.16. The molecule has 1 aromatic carbocycles. The monoisotopic (exact) mass is 311 g/mol. The molecule has 0 bridgehead atoms. The van der Waals surface area contributed by atoms with Crippen molar-refractivity contribution in [2.75, 3.05) is 13.6 Å². The van der Waals surface area contributed by atoms with Crippen LogP contribution in [0.5, 0.6) is 5.75 Å². The molecule has 0 spiro atoms. The Hall–Kier alpha value is 0.0400. The third-order valence-corrected chi connectivity index (χ3v) is 3.29. The SMILES string of the molecule is CNCC(C)Oc1cc(Cl)c(Br)cc1Cl. The normalized spacial score (nSPS) is 12.6. The van der Waals surface area contributed by atoms with Gasteiger partial charge < -0.3 is 10.1 Å². The van der Waals surface area contributed by atoms with Gasteiger partial charge in [0.2, 0.25) is 0 Å². The molecule has 84 valence electrons. The lowest BCUT2D eigenvalue weighted by atomic mass is 10.3. The fourth-order valence-corrected chi connectivity index (χ4v) is 1.98. The molecule has 0 fully saturated rings. The summed E-state index contributed by atoms with van der Waals surface area (Å²) in [6, 6.07) is 3.44. The van der Waals surface area contributed by atoms with E-state index in [1.807, 2.05) is 14.0 Å². The Morgan fingerprint density at radius 1 is 1.40 bits per heavy atom.